The van der Waals surface area contributed by atoms with Crippen LogP contribution in [0.5, 0.6) is 5.75 Å². The first kappa shape index (κ1) is 12.4. The third-order valence-electron chi connectivity index (χ3n) is 1.70. The number of hydrogen-bond acceptors (Lipinski definition) is 1. The van der Waals surface area contributed by atoms with Crippen LogP contribution in [-0.4, -0.2) is 6.61 Å². The standard InChI is InChI=1S/C11H9BrClFO/c1-2-3-4-5-15-11-7-10(14)9(13)6-8(11)12/h1,6-7H,3-5H2. The van der Waals surface area contributed by atoms with Gasteiger partial charge in [0.2, 0.25) is 0 Å². The number of hydrogen-bond donors (Lipinski definition) is 0. The molecule has 1 nitrogen and oxygen atoms in total. The molecule has 0 aliphatic carbocycles. The van der Waals surface area contributed by atoms with E-state index in [1.54, 1.807) is 0 Å². The summed E-state index contributed by atoms with van der Waals surface area (Å²) in [4.78, 5) is 0. The molecule has 0 aliphatic rings. The first-order valence-electron chi connectivity index (χ1n) is 4.36. The Morgan fingerprint density at radius 3 is 2.93 bits per heavy atom. The van der Waals surface area contributed by atoms with Crippen molar-refractivity contribution in [1.82, 2.24) is 0 Å². The monoisotopic (exact) mass is 290 g/mol. The van der Waals surface area contributed by atoms with Crippen molar-refractivity contribution in [2.75, 3.05) is 6.61 Å². The van der Waals surface area contributed by atoms with Gasteiger partial charge in [0, 0.05) is 12.5 Å². The molecule has 0 unspecified atom stereocenters. The fourth-order valence-electron chi connectivity index (χ4n) is 0.971. The summed E-state index contributed by atoms with van der Waals surface area (Å²) in [6.07, 6.45) is 6.48. The molecule has 0 fully saturated rings. The number of ether oxygens (including phenoxy) is 1. The van der Waals surface area contributed by atoms with Gasteiger partial charge in [0.25, 0.3) is 0 Å². The molecule has 0 spiro atoms. The summed E-state index contributed by atoms with van der Waals surface area (Å²) in [6.45, 7) is 0.462. The van der Waals surface area contributed by atoms with Crippen LogP contribution in [0.3, 0.4) is 0 Å². The molecule has 0 saturated carbocycles. The zero-order chi connectivity index (χ0) is 11.3. The molecule has 0 bridgehead atoms. The van der Waals surface area contributed by atoms with Crippen LogP contribution in [0.2, 0.25) is 5.02 Å². The summed E-state index contributed by atoms with van der Waals surface area (Å²) in [5, 5.41) is 0.0675. The SMILES string of the molecule is C#CCCCOc1cc(F)c(Cl)cc1Br. The number of terminal acetylenes is 1. The Morgan fingerprint density at radius 2 is 2.27 bits per heavy atom. The van der Waals surface area contributed by atoms with E-state index < -0.39 is 5.82 Å². The minimum atomic E-state index is -0.494. The van der Waals surface area contributed by atoms with Gasteiger partial charge in [0.05, 0.1) is 16.1 Å². The molecule has 0 N–H and O–H groups in total. The molecule has 0 aliphatic heterocycles. The Balaban J connectivity index is 2.62. The number of benzene rings is 1. The average Bonchev–Trinajstić information content (AvgIpc) is 2.20. The quantitative estimate of drug-likeness (QED) is 0.462. The van der Waals surface area contributed by atoms with Gasteiger partial charge in [-0.3, -0.25) is 0 Å². The van der Waals surface area contributed by atoms with E-state index in [0.717, 1.165) is 6.42 Å². The first-order valence-corrected chi connectivity index (χ1v) is 5.53. The van der Waals surface area contributed by atoms with E-state index in [4.69, 9.17) is 22.8 Å². The number of unbranched alkanes of at least 4 members (excludes halogenated alkanes) is 1. The maximum Gasteiger partial charge on any atom is 0.145 e. The predicted octanol–water partition coefficient (Wildman–Crippen LogP) is 4.03. The molecule has 0 amide bonds. The zero-order valence-corrected chi connectivity index (χ0v) is 10.2. The molecule has 1 aromatic rings. The van der Waals surface area contributed by atoms with E-state index in [1.807, 2.05) is 0 Å². The Hall–Kier alpha value is -0.720. The Bertz CT molecular complexity index is 387. The van der Waals surface area contributed by atoms with Crippen LogP contribution < -0.4 is 4.74 Å². The lowest BCUT2D eigenvalue weighted by atomic mass is 10.3. The average molecular weight is 292 g/mol. The van der Waals surface area contributed by atoms with Crippen molar-refractivity contribution < 1.29 is 9.13 Å². The number of halogens is 3. The van der Waals surface area contributed by atoms with Gasteiger partial charge in [-0.15, -0.1) is 12.3 Å². The van der Waals surface area contributed by atoms with Crippen LogP contribution in [0.4, 0.5) is 4.39 Å². The normalized spacial score (nSPS) is 9.73. The van der Waals surface area contributed by atoms with E-state index in [0.29, 0.717) is 23.2 Å². The Kier molecular flexibility index (Phi) is 4.93. The highest BCUT2D eigenvalue weighted by Gasteiger charge is 2.07. The van der Waals surface area contributed by atoms with Crippen molar-refractivity contribution in [3.8, 4) is 18.1 Å². The Labute approximate surface area is 102 Å². The molecule has 4 heteroatoms. The zero-order valence-electron chi connectivity index (χ0n) is 7.90. The highest BCUT2D eigenvalue weighted by molar-refractivity contribution is 9.10. The van der Waals surface area contributed by atoms with Gasteiger partial charge in [0.1, 0.15) is 11.6 Å². The maximum atomic E-state index is 13.1. The van der Waals surface area contributed by atoms with E-state index >= 15 is 0 Å². The molecular weight excluding hydrogens is 282 g/mol. The van der Waals surface area contributed by atoms with Crippen LogP contribution in [0.25, 0.3) is 0 Å². The van der Waals surface area contributed by atoms with E-state index in [1.165, 1.54) is 12.1 Å². The molecule has 0 radical (unpaired) electrons. The molecule has 0 heterocycles. The van der Waals surface area contributed by atoms with Gasteiger partial charge in [0.15, 0.2) is 0 Å². The number of rotatable bonds is 4. The third kappa shape index (κ3) is 3.73. The summed E-state index contributed by atoms with van der Waals surface area (Å²) in [5.74, 6) is 2.45. The van der Waals surface area contributed by atoms with Crippen molar-refractivity contribution in [2.45, 2.75) is 12.8 Å². The van der Waals surface area contributed by atoms with Crippen molar-refractivity contribution >= 4 is 27.5 Å². The third-order valence-corrected chi connectivity index (χ3v) is 2.61. The van der Waals surface area contributed by atoms with Crippen molar-refractivity contribution in [3.63, 3.8) is 0 Å². The van der Waals surface area contributed by atoms with Gasteiger partial charge in [-0.25, -0.2) is 4.39 Å². The van der Waals surface area contributed by atoms with Crippen molar-refractivity contribution in [2.24, 2.45) is 0 Å². The van der Waals surface area contributed by atoms with Crippen LogP contribution in [0, 0.1) is 18.2 Å². The molecule has 0 saturated heterocycles. The summed E-state index contributed by atoms with van der Waals surface area (Å²) < 4.78 is 19.0. The highest BCUT2D eigenvalue weighted by Crippen LogP contribution is 2.30. The van der Waals surface area contributed by atoms with Gasteiger partial charge in [-0.05, 0) is 28.4 Å². The lowest BCUT2D eigenvalue weighted by molar-refractivity contribution is 0.309. The predicted molar refractivity (Wildman–Crippen MR) is 62.7 cm³/mol. The van der Waals surface area contributed by atoms with Crippen molar-refractivity contribution in [1.29, 1.82) is 0 Å². The molecular formula is C11H9BrClFO. The minimum Gasteiger partial charge on any atom is -0.492 e. The topological polar surface area (TPSA) is 9.23 Å². The summed E-state index contributed by atoms with van der Waals surface area (Å²) in [6, 6.07) is 2.72. The van der Waals surface area contributed by atoms with Crippen LogP contribution in [0.1, 0.15) is 12.8 Å². The molecule has 0 atom stereocenters. The smallest absolute Gasteiger partial charge is 0.145 e. The summed E-state index contributed by atoms with van der Waals surface area (Å²) in [7, 11) is 0. The van der Waals surface area contributed by atoms with Crippen LogP contribution in [0.15, 0.2) is 16.6 Å². The lowest BCUT2D eigenvalue weighted by Crippen LogP contribution is -1.98. The van der Waals surface area contributed by atoms with Gasteiger partial charge in [-0.2, -0.15) is 0 Å². The molecule has 80 valence electrons. The molecule has 0 aromatic heterocycles. The molecule has 1 aromatic carbocycles. The van der Waals surface area contributed by atoms with Gasteiger partial charge in [-0.1, -0.05) is 11.6 Å². The van der Waals surface area contributed by atoms with E-state index in [9.17, 15) is 4.39 Å². The fourth-order valence-corrected chi connectivity index (χ4v) is 1.72. The summed E-state index contributed by atoms with van der Waals surface area (Å²) >= 11 is 8.82. The highest BCUT2D eigenvalue weighted by atomic mass is 79.9. The molecule has 15 heavy (non-hydrogen) atoms. The van der Waals surface area contributed by atoms with Gasteiger partial charge >= 0.3 is 0 Å². The minimum absolute atomic E-state index is 0.0675. The van der Waals surface area contributed by atoms with Crippen molar-refractivity contribution in [3.05, 3.63) is 27.4 Å². The Morgan fingerprint density at radius 1 is 1.53 bits per heavy atom. The van der Waals surface area contributed by atoms with Crippen LogP contribution >= 0.6 is 27.5 Å². The maximum absolute atomic E-state index is 13.1. The first-order chi connectivity index (χ1) is 7.15. The second kappa shape index (κ2) is 5.99. The van der Waals surface area contributed by atoms with Crippen LogP contribution in [-0.2, 0) is 0 Å². The molecule has 1 rings (SSSR count). The largest absolute Gasteiger partial charge is 0.492 e. The fraction of sp³-hybridized carbons (Fsp3) is 0.273. The van der Waals surface area contributed by atoms with Gasteiger partial charge < -0.3 is 4.74 Å². The second-order valence-corrected chi connectivity index (χ2v) is 4.11. The second-order valence-electron chi connectivity index (χ2n) is 2.85. The van der Waals surface area contributed by atoms with E-state index in [-0.39, 0.29) is 5.02 Å². The lowest BCUT2D eigenvalue weighted by Gasteiger charge is -2.07. The van der Waals surface area contributed by atoms with E-state index in [2.05, 4.69) is 21.9 Å². The summed E-state index contributed by atoms with van der Waals surface area (Å²) in [5.41, 5.74) is 0.